The first kappa shape index (κ1) is 17.9. The van der Waals surface area contributed by atoms with Gasteiger partial charge in [-0.1, -0.05) is 28.1 Å². The van der Waals surface area contributed by atoms with Gasteiger partial charge in [0.25, 0.3) is 11.8 Å². The smallest absolute Gasteiger partial charge is 0.257 e. The topological polar surface area (TPSA) is 77.1 Å². The maximum Gasteiger partial charge on any atom is 0.257 e. The van der Waals surface area contributed by atoms with E-state index in [0.717, 1.165) is 21.5 Å². The summed E-state index contributed by atoms with van der Waals surface area (Å²) in [6, 6.07) is 16.4. The molecule has 132 valence electrons. The van der Waals surface area contributed by atoms with E-state index in [1.54, 1.807) is 24.3 Å². The molecule has 0 aliphatic heterocycles. The molecule has 0 aliphatic rings. The van der Waals surface area contributed by atoms with Crippen LogP contribution < -0.4 is 11.1 Å². The Morgan fingerprint density at radius 3 is 2.31 bits per heavy atom. The molecule has 0 bridgehead atoms. The number of amides is 2. The van der Waals surface area contributed by atoms with Gasteiger partial charge in [-0.2, -0.15) is 0 Å². The molecular weight excluding hydrogens is 394 g/mol. The van der Waals surface area contributed by atoms with Crippen LogP contribution in [0, 0.1) is 13.8 Å². The molecule has 0 saturated carbocycles. The summed E-state index contributed by atoms with van der Waals surface area (Å²) in [5.41, 5.74) is 9.34. The first-order valence-corrected chi connectivity index (χ1v) is 8.83. The number of para-hydroxylation sites is 1. The second kappa shape index (κ2) is 7.17. The van der Waals surface area contributed by atoms with Crippen LogP contribution in [0.15, 0.2) is 59.1 Å². The van der Waals surface area contributed by atoms with Crippen LogP contribution in [0.25, 0.3) is 5.69 Å². The van der Waals surface area contributed by atoms with Gasteiger partial charge in [0.1, 0.15) is 0 Å². The number of nitrogens with two attached hydrogens (primary N) is 1. The number of aryl methyl sites for hydroxylation is 1. The molecule has 0 aliphatic carbocycles. The predicted molar refractivity (Wildman–Crippen MR) is 106 cm³/mol. The van der Waals surface area contributed by atoms with Crippen LogP contribution in [0.5, 0.6) is 0 Å². The molecule has 0 radical (unpaired) electrons. The molecule has 1 heterocycles. The molecule has 0 atom stereocenters. The first-order chi connectivity index (χ1) is 12.4. The third-order valence-corrected chi connectivity index (χ3v) is 4.73. The molecular formula is C20H18BrN3O2. The number of benzene rings is 2. The summed E-state index contributed by atoms with van der Waals surface area (Å²) in [7, 11) is 0. The molecule has 0 spiro atoms. The zero-order valence-corrected chi connectivity index (χ0v) is 16.0. The highest BCUT2D eigenvalue weighted by Gasteiger charge is 2.18. The summed E-state index contributed by atoms with van der Waals surface area (Å²) < 4.78 is 3.01. The van der Waals surface area contributed by atoms with Crippen molar-refractivity contribution in [1.82, 2.24) is 4.57 Å². The number of nitrogens with zero attached hydrogens (tertiary/aromatic N) is 1. The van der Waals surface area contributed by atoms with Crippen molar-refractivity contribution in [3.8, 4) is 5.69 Å². The molecule has 5 nitrogen and oxygen atoms in total. The van der Waals surface area contributed by atoms with E-state index < -0.39 is 5.91 Å². The Bertz CT molecular complexity index is 991. The van der Waals surface area contributed by atoms with E-state index in [-0.39, 0.29) is 11.5 Å². The fourth-order valence-corrected chi connectivity index (χ4v) is 3.24. The Balaban J connectivity index is 1.96. The standard InChI is InChI=1S/C20H18BrN3O2/c1-12-11-17(13(2)24(12)15-9-7-14(21)8-10-15)20(26)23-18-6-4-3-5-16(18)19(22)25/h3-11H,1-2H3,(H2,22,25)(H,23,26). The lowest BCUT2D eigenvalue weighted by Gasteiger charge is -2.11. The average molecular weight is 412 g/mol. The number of carbonyl (C=O) groups is 2. The molecule has 3 aromatic rings. The maximum atomic E-state index is 12.8. The third kappa shape index (κ3) is 3.41. The number of halogens is 1. The van der Waals surface area contributed by atoms with Crippen molar-refractivity contribution in [2.75, 3.05) is 5.32 Å². The summed E-state index contributed by atoms with van der Waals surface area (Å²) in [5.74, 6) is -0.864. The van der Waals surface area contributed by atoms with Crippen molar-refractivity contribution in [3.63, 3.8) is 0 Å². The normalized spacial score (nSPS) is 10.6. The van der Waals surface area contributed by atoms with Gasteiger partial charge in [0.2, 0.25) is 0 Å². The van der Waals surface area contributed by atoms with Crippen molar-refractivity contribution in [3.05, 3.63) is 81.6 Å². The van der Waals surface area contributed by atoms with Crippen molar-refractivity contribution >= 4 is 33.4 Å². The molecule has 3 rings (SSSR count). The lowest BCUT2D eigenvalue weighted by Crippen LogP contribution is -2.18. The minimum atomic E-state index is -0.582. The SMILES string of the molecule is Cc1cc(C(=O)Nc2ccccc2C(N)=O)c(C)n1-c1ccc(Br)cc1. The molecule has 0 saturated heterocycles. The van der Waals surface area contributed by atoms with Crippen LogP contribution in [-0.4, -0.2) is 16.4 Å². The Morgan fingerprint density at radius 1 is 1.00 bits per heavy atom. The largest absolute Gasteiger partial charge is 0.366 e. The maximum absolute atomic E-state index is 12.8. The first-order valence-electron chi connectivity index (χ1n) is 8.03. The second-order valence-electron chi connectivity index (χ2n) is 5.96. The van der Waals surface area contributed by atoms with Crippen LogP contribution >= 0.6 is 15.9 Å². The number of hydrogen-bond acceptors (Lipinski definition) is 2. The van der Waals surface area contributed by atoms with Crippen LogP contribution in [0.2, 0.25) is 0 Å². The fourth-order valence-electron chi connectivity index (χ4n) is 2.98. The summed E-state index contributed by atoms with van der Waals surface area (Å²) in [4.78, 5) is 24.3. The summed E-state index contributed by atoms with van der Waals surface area (Å²) >= 11 is 3.43. The van der Waals surface area contributed by atoms with Gasteiger partial charge in [-0.25, -0.2) is 0 Å². The van der Waals surface area contributed by atoms with E-state index in [0.29, 0.717) is 11.3 Å². The number of carbonyl (C=O) groups excluding carboxylic acids is 2. The highest BCUT2D eigenvalue weighted by molar-refractivity contribution is 9.10. The van der Waals surface area contributed by atoms with E-state index in [9.17, 15) is 9.59 Å². The predicted octanol–water partition coefficient (Wildman–Crippen LogP) is 4.21. The Labute approximate surface area is 160 Å². The molecule has 2 aromatic carbocycles. The minimum Gasteiger partial charge on any atom is -0.366 e. The van der Waals surface area contributed by atoms with Crippen molar-refractivity contribution in [1.29, 1.82) is 0 Å². The van der Waals surface area contributed by atoms with Gasteiger partial charge in [0, 0.05) is 21.5 Å². The van der Waals surface area contributed by atoms with E-state index in [2.05, 4.69) is 21.2 Å². The molecule has 6 heteroatoms. The number of aromatic nitrogens is 1. The monoisotopic (exact) mass is 411 g/mol. The van der Waals surface area contributed by atoms with E-state index in [1.165, 1.54) is 0 Å². The molecule has 26 heavy (non-hydrogen) atoms. The number of anilines is 1. The molecule has 0 fully saturated rings. The Hall–Kier alpha value is -2.86. The van der Waals surface area contributed by atoms with Crippen LogP contribution in [0.3, 0.4) is 0 Å². The number of rotatable bonds is 4. The highest BCUT2D eigenvalue weighted by Crippen LogP contribution is 2.24. The van der Waals surface area contributed by atoms with Crippen molar-refractivity contribution in [2.24, 2.45) is 5.73 Å². The fraction of sp³-hybridized carbons (Fsp3) is 0.100. The Kier molecular flexibility index (Phi) is 4.95. The summed E-state index contributed by atoms with van der Waals surface area (Å²) in [5, 5.41) is 2.79. The number of nitrogens with one attached hydrogen (secondary N) is 1. The lowest BCUT2D eigenvalue weighted by molar-refractivity contribution is 0.100. The quantitative estimate of drug-likeness (QED) is 0.674. The zero-order chi connectivity index (χ0) is 18.8. The van der Waals surface area contributed by atoms with Gasteiger partial charge < -0.3 is 15.6 Å². The van der Waals surface area contributed by atoms with E-state index in [4.69, 9.17) is 5.73 Å². The van der Waals surface area contributed by atoms with E-state index >= 15 is 0 Å². The molecule has 2 amide bonds. The third-order valence-electron chi connectivity index (χ3n) is 4.20. The average Bonchev–Trinajstić information content (AvgIpc) is 2.91. The number of primary amides is 1. The van der Waals surface area contributed by atoms with E-state index in [1.807, 2.05) is 48.7 Å². The minimum absolute atomic E-state index is 0.280. The summed E-state index contributed by atoms with van der Waals surface area (Å²) in [6.45, 7) is 3.84. The zero-order valence-electron chi connectivity index (χ0n) is 14.4. The molecule has 0 unspecified atom stereocenters. The molecule has 1 aromatic heterocycles. The van der Waals surface area contributed by atoms with Gasteiger partial charge in [-0.15, -0.1) is 0 Å². The van der Waals surface area contributed by atoms with Crippen molar-refractivity contribution < 1.29 is 9.59 Å². The van der Waals surface area contributed by atoms with Gasteiger partial charge in [-0.05, 0) is 56.3 Å². The Morgan fingerprint density at radius 2 is 1.65 bits per heavy atom. The van der Waals surface area contributed by atoms with Gasteiger partial charge in [0.15, 0.2) is 0 Å². The van der Waals surface area contributed by atoms with Gasteiger partial charge >= 0.3 is 0 Å². The van der Waals surface area contributed by atoms with Crippen LogP contribution in [-0.2, 0) is 0 Å². The lowest BCUT2D eigenvalue weighted by atomic mass is 10.1. The molecule has 3 N–H and O–H groups in total. The number of hydrogen-bond donors (Lipinski definition) is 2. The van der Waals surface area contributed by atoms with Crippen LogP contribution in [0.4, 0.5) is 5.69 Å². The highest BCUT2D eigenvalue weighted by atomic mass is 79.9. The summed E-state index contributed by atoms with van der Waals surface area (Å²) in [6.07, 6.45) is 0. The van der Waals surface area contributed by atoms with Crippen molar-refractivity contribution in [2.45, 2.75) is 13.8 Å². The van der Waals surface area contributed by atoms with Gasteiger partial charge in [-0.3, -0.25) is 9.59 Å². The second-order valence-corrected chi connectivity index (χ2v) is 6.88. The van der Waals surface area contributed by atoms with Crippen LogP contribution in [0.1, 0.15) is 32.1 Å². The van der Waals surface area contributed by atoms with Gasteiger partial charge in [0.05, 0.1) is 16.8 Å².